The van der Waals surface area contributed by atoms with E-state index in [0.29, 0.717) is 41.3 Å². The second-order valence-electron chi connectivity index (χ2n) is 13.3. The Balaban J connectivity index is 1.92. The van der Waals surface area contributed by atoms with Crippen LogP contribution in [0.4, 0.5) is 37.7 Å². The zero-order valence-electron chi connectivity index (χ0n) is 27.1. The van der Waals surface area contributed by atoms with Crippen LogP contribution in [0.1, 0.15) is 90.0 Å². The van der Waals surface area contributed by atoms with E-state index >= 15 is 0 Å². The van der Waals surface area contributed by atoms with Gasteiger partial charge in [0.15, 0.2) is 0 Å². The van der Waals surface area contributed by atoms with Crippen molar-refractivity contribution < 1.29 is 31.7 Å². The minimum absolute atomic E-state index is 0.324. The molecule has 0 fully saturated rings. The molecule has 9 heteroatoms. The summed E-state index contributed by atoms with van der Waals surface area (Å²) in [5.41, 5.74) is 0.965. The van der Waals surface area contributed by atoms with Crippen molar-refractivity contribution in [1.82, 2.24) is 0 Å². The Bertz CT molecular complexity index is 1480. The fourth-order valence-corrected chi connectivity index (χ4v) is 5.77. The van der Waals surface area contributed by atoms with Crippen molar-refractivity contribution in [3.05, 3.63) is 94.2 Å². The van der Waals surface area contributed by atoms with Crippen LogP contribution < -0.4 is 10.2 Å². The van der Waals surface area contributed by atoms with Crippen LogP contribution in [-0.4, -0.2) is 13.1 Å². The third kappa shape index (κ3) is 8.61. The fourth-order valence-electron chi connectivity index (χ4n) is 5.77. The van der Waals surface area contributed by atoms with Gasteiger partial charge in [0.1, 0.15) is 5.69 Å². The molecule has 0 amide bonds. The molecule has 0 aliphatic carbocycles. The van der Waals surface area contributed by atoms with E-state index < -0.39 is 34.3 Å². The third-order valence-corrected chi connectivity index (χ3v) is 8.36. The summed E-state index contributed by atoms with van der Waals surface area (Å²) in [7, 11) is 0. The molecule has 0 atom stereocenters. The van der Waals surface area contributed by atoms with Gasteiger partial charge < -0.3 is 10.2 Å². The lowest BCUT2D eigenvalue weighted by molar-refractivity contribution is -0.573. The van der Waals surface area contributed by atoms with Gasteiger partial charge in [-0.1, -0.05) is 54.5 Å². The summed E-state index contributed by atoms with van der Waals surface area (Å²) in [6.07, 6.45) is 0.0252. The molecule has 1 heterocycles. The molecule has 0 aromatic heterocycles. The zero-order valence-corrected chi connectivity index (χ0v) is 27.1. The highest BCUT2D eigenvalue weighted by atomic mass is 19.4. The number of halogens is 6. The van der Waals surface area contributed by atoms with Gasteiger partial charge in [-0.2, -0.15) is 31.6 Å². The third-order valence-electron chi connectivity index (χ3n) is 8.36. The lowest BCUT2D eigenvalue weighted by Crippen LogP contribution is -2.78. The van der Waals surface area contributed by atoms with Crippen LogP contribution in [0.15, 0.2) is 72.0 Å². The Morgan fingerprint density at radius 2 is 1.62 bits per heavy atom. The molecule has 0 saturated carbocycles. The monoisotopic (exact) mass is 632 g/mol. The highest BCUT2D eigenvalue weighted by Gasteiger charge is 2.42. The molecule has 2 aromatic carbocycles. The molecule has 45 heavy (non-hydrogen) atoms. The maximum Gasteiger partial charge on any atom is 0.416 e. The highest BCUT2D eigenvalue weighted by molar-refractivity contribution is 5.71. The van der Waals surface area contributed by atoms with Gasteiger partial charge >= 0.3 is 12.4 Å². The maximum atomic E-state index is 13.6. The molecule has 1 aliphatic rings. The summed E-state index contributed by atoms with van der Waals surface area (Å²) in [5, 5.41) is 11.9. The number of alkyl halides is 6. The van der Waals surface area contributed by atoms with Crippen molar-refractivity contribution in [2.75, 3.05) is 18.0 Å². The number of hydrogen-bond donors (Lipinski definition) is 1. The molecular weight excluding hydrogens is 588 g/mol. The minimum Gasteiger partial charge on any atom is -0.344 e. The van der Waals surface area contributed by atoms with Gasteiger partial charge in [-0.05, 0) is 90.8 Å². The summed E-state index contributed by atoms with van der Waals surface area (Å²) in [6.45, 7) is 15.1. The molecule has 0 spiro atoms. The predicted octanol–water partition coefficient (Wildman–Crippen LogP) is 9.73. The van der Waals surface area contributed by atoms with Gasteiger partial charge in [0.2, 0.25) is 0 Å². The molecular formula is C36H44F6N3+. The molecule has 0 unspecified atom stereocenters. The summed E-state index contributed by atoms with van der Waals surface area (Å²) < 4.78 is 81.4. The molecule has 0 bridgehead atoms. The Hall–Kier alpha value is -3.51. The number of anilines is 1. The number of nitrogens with two attached hydrogens (primary N) is 1. The van der Waals surface area contributed by atoms with Crippen molar-refractivity contribution in [3.63, 3.8) is 0 Å². The molecule has 2 N–H and O–H groups in total. The predicted molar refractivity (Wildman–Crippen MR) is 168 cm³/mol. The normalized spacial score (nSPS) is 16.6. The number of rotatable bonds is 11. The number of nitriles is 1. The standard InChI is InChI=1S/C36H43F6N3/c1-8-20-45-31-15-13-27(36(40,41)42)22-29(31)34(6,7)32(45)16-11-25(23-43)10-9-18-33(4,5)28-21-26(35(37,38)39)12-14-30(28)44-19-17-24(2)3/h9-16,21-22,24,44H,8,17-20H2,1-7H3/p+1/b10-9+,25-11-,32-16+. The van der Waals surface area contributed by atoms with E-state index in [1.807, 2.05) is 44.8 Å². The Morgan fingerprint density at radius 3 is 2.20 bits per heavy atom. The molecule has 1 aliphatic heterocycles. The Morgan fingerprint density at radius 1 is 1.00 bits per heavy atom. The van der Waals surface area contributed by atoms with E-state index in [1.165, 1.54) is 24.3 Å². The van der Waals surface area contributed by atoms with Gasteiger partial charge in [-0.3, -0.25) is 0 Å². The number of benzene rings is 2. The van der Waals surface area contributed by atoms with E-state index in [9.17, 15) is 31.6 Å². The largest absolute Gasteiger partial charge is 0.416 e. The Kier molecular flexibility index (Phi) is 11.1. The van der Waals surface area contributed by atoms with E-state index in [2.05, 4.69) is 19.9 Å². The highest BCUT2D eigenvalue weighted by Crippen LogP contribution is 2.49. The molecule has 0 radical (unpaired) electrons. The van der Waals surface area contributed by atoms with E-state index in [0.717, 1.165) is 42.9 Å². The number of quaternary nitrogens is 1. The number of nitrogens with zero attached hydrogens (tertiary/aromatic N) is 2. The summed E-state index contributed by atoms with van der Waals surface area (Å²) in [4.78, 5) is 2.00. The summed E-state index contributed by atoms with van der Waals surface area (Å²) in [5.74, 6) is 0.469. The number of hydrogen-bond acceptors (Lipinski definition) is 2. The maximum absolute atomic E-state index is 13.6. The van der Waals surface area contributed by atoms with Gasteiger partial charge in [0.05, 0.1) is 29.3 Å². The van der Waals surface area contributed by atoms with Gasteiger partial charge in [0.25, 0.3) is 0 Å². The molecule has 244 valence electrons. The van der Waals surface area contributed by atoms with Crippen LogP contribution in [0.3, 0.4) is 0 Å². The SMILES string of the molecule is CCCN1/C(=C/C=C(C#N)/C=C/CC(C)(C)c2cc(C(F)(F)F)ccc2[NH2+]CCC(C)C)C(C)(C)c2cc(C(F)(F)F)ccc21. The first-order valence-corrected chi connectivity index (χ1v) is 15.4. The average molecular weight is 633 g/mol. The number of fused-ring (bicyclic) bond motifs is 1. The second-order valence-corrected chi connectivity index (χ2v) is 13.3. The summed E-state index contributed by atoms with van der Waals surface area (Å²) in [6, 6.07) is 9.86. The van der Waals surface area contributed by atoms with Crippen molar-refractivity contribution in [2.24, 2.45) is 5.92 Å². The smallest absolute Gasteiger partial charge is 0.344 e. The molecule has 3 nitrogen and oxygen atoms in total. The van der Waals surface area contributed by atoms with Crippen LogP contribution in [0.5, 0.6) is 0 Å². The summed E-state index contributed by atoms with van der Waals surface area (Å²) >= 11 is 0. The van der Waals surface area contributed by atoms with E-state index in [4.69, 9.17) is 0 Å². The van der Waals surface area contributed by atoms with Crippen molar-refractivity contribution >= 4 is 11.4 Å². The van der Waals surface area contributed by atoms with Gasteiger partial charge in [-0.15, -0.1) is 0 Å². The first kappa shape index (κ1) is 36.0. The van der Waals surface area contributed by atoms with Crippen LogP contribution in [-0.2, 0) is 23.2 Å². The van der Waals surface area contributed by atoms with Crippen molar-refractivity contribution in [2.45, 2.75) is 90.9 Å². The Labute approximate surface area is 263 Å². The van der Waals surface area contributed by atoms with E-state index in [-0.39, 0.29) is 0 Å². The molecule has 3 rings (SSSR count). The van der Waals surface area contributed by atoms with Crippen molar-refractivity contribution in [1.29, 1.82) is 5.26 Å². The molecule has 0 saturated heterocycles. The zero-order chi connectivity index (χ0) is 33.8. The molecule has 2 aromatic rings. The first-order valence-electron chi connectivity index (χ1n) is 15.4. The van der Waals surface area contributed by atoms with Crippen molar-refractivity contribution in [3.8, 4) is 6.07 Å². The lowest BCUT2D eigenvalue weighted by atomic mass is 9.79. The lowest BCUT2D eigenvalue weighted by Gasteiger charge is -2.26. The number of allylic oxidation sites excluding steroid dienone is 6. The van der Waals surface area contributed by atoms with Crippen LogP contribution in [0, 0.1) is 17.2 Å². The minimum atomic E-state index is -4.46. The van der Waals surface area contributed by atoms with E-state index in [1.54, 1.807) is 24.3 Å². The van der Waals surface area contributed by atoms with Crippen LogP contribution in [0.2, 0.25) is 0 Å². The topological polar surface area (TPSA) is 43.6 Å². The second kappa shape index (κ2) is 13.9. The quantitative estimate of drug-likeness (QED) is 0.116. The first-order chi connectivity index (χ1) is 20.8. The van der Waals surface area contributed by atoms with Gasteiger partial charge in [0, 0.05) is 28.9 Å². The fraction of sp³-hybridized carbons (Fsp3) is 0.472. The average Bonchev–Trinajstić information content (AvgIpc) is 3.14. The van der Waals surface area contributed by atoms with Gasteiger partial charge in [-0.25, -0.2) is 0 Å². The van der Waals surface area contributed by atoms with Crippen LogP contribution >= 0.6 is 0 Å². The van der Waals surface area contributed by atoms with Crippen LogP contribution in [0.25, 0.3) is 0 Å².